The topological polar surface area (TPSA) is 68.6 Å². The SMILES string of the molecule is O=[N+]([O-])c1cccc(-c2ccc(C=Nc3ccc(Cl)cc3)o2)c1. The van der Waals surface area contributed by atoms with Gasteiger partial charge < -0.3 is 4.42 Å². The van der Waals surface area contributed by atoms with E-state index < -0.39 is 4.92 Å². The Bertz CT molecular complexity index is 870. The van der Waals surface area contributed by atoms with Gasteiger partial charge in [-0.2, -0.15) is 0 Å². The predicted octanol–water partition coefficient (Wildman–Crippen LogP) is 5.26. The summed E-state index contributed by atoms with van der Waals surface area (Å²) in [7, 11) is 0. The molecule has 1 heterocycles. The number of benzene rings is 2. The molecule has 3 aromatic rings. The first kappa shape index (κ1) is 15.0. The smallest absolute Gasteiger partial charge is 0.270 e. The van der Waals surface area contributed by atoms with E-state index in [1.165, 1.54) is 12.1 Å². The molecule has 1 aromatic heterocycles. The zero-order chi connectivity index (χ0) is 16.2. The minimum Gasteiger partial charge on any atom is -0.455 e. The monoisotopic (exact) mass is 326 g/mol. The summed E-state index contributed by atoms with van der Waals surface area (Å²) in [5.41, 5.74) is 1.42. The summed E-state index contributed by atoms with van der Waals surface area (Å²) in [4.78, 5) is 14.7. The van der Waals surface area contributed by atoms with Gasteiger partial charge in [-0.05, 0) is 36.4 Å². The van der Waals surface area contributed by atoms with Crippen LogP contribution < -0.4 is 0 Å². The first-order valence-electron chi connectivity index (χ1n) is 6.76. The third kappa shape index (κ3) is 3.64. The van der Waals surface area contributed by atoms with Gasteiger partial charge in [-0.3, -0.25) is 15.1 Å². The van der Waals surface area contributed by atoms with Crippen molar-refractivity contribution in [1.29, 1.82) is 0 Å². The maximum Gasteiger partial charge on any atom is 0.270 e. The number of hydrogen-bond acceptors (Lipinski definition) is 4. The molecule has 6 heteroatoms. The van der Waals surface area contributed by atoms with Gasteiger partial charge in [-0.25, -0.2) is 0 Å². The molecular weight excluding hydrogens is 316 g/mol. The normalized spacial score (nSPS) is 11.0. The van der Waals surface area contributed by atoms with Crippen molar-refractivity contribution in [3.8, 4) is 11.3 Å². The lowest BCUT2D eigenvalue weighted by molar-refractivity contribution is -0.384. The minimum atomic E-state index is -0.435. The number of aliphatic imine (C=N–C) groups is 1. The highest BCUT2D eigenvalue weighted by Gasteiger charge is 2.09. The number of furan rings is 1. The van der Waals surface area contributed by atoms with Crippen molar-refractivity contribution in [3.05, 3.63) is 81.6 Å². The number of nitro benzene ring substituents is 1. The summed E-state index contributed by atoms with van der Waals surface area (Å²) in [6, 6.07) is 16.9. The average Bonchev–Trinajstić information content (AvgIpc) is 3.03. The maximum absolute atomic E-state index is 10.8. The van der Waals surface area contributed by atoms with Gasteiger partial charge in [-0.1, -0.05) is 23.7 Å². The van der Waals surface area contributed by atoms with Gasteiger partial charge in [0, 0.05) is 22.7 Å². The highest BCUT2D eigenvalue weighted by Crippen LogP contribution is 2.25. The van der Waals surface area contributed by atoms with E-state index in [9.17, 15) is 10.1 Å². The predicted molar refractivity (Wildman–Crippen MR) is 89.5 cm³/mol. The van der Waals surface area contributed by atoms with E-state index in [0.29, 0.717) is 22.1 Å². The second-order valence-corrected chi connectivity index (χ2v) is 5.18. The summed E-state index contributed by atoms with van der Waals surface area (Å²) in [5.74, 6) is 1.10. The Hall–Kier alpha value is -2.92. The number of non-ortho nitro benzene ring substituents is 1. The highest BCUT2D eigenvalue weighted by atomic mass is 35.5. The van der Waals surface area contributed by atoms with E-state index in [0.717, 1.165) is 5.69 Å². The lowest BCUT2D eigenvalue weighted by Gasteiger charge is -1.97. The van der Waals surface area contributed by atoms with Crippen LogP contribution in [0.25, 0.3) is 11.3 Å². The Balaban J connectivity index is 1.81. The van der Waals surface area contributed by atoms with Gasteiger partial charge >= 0.3 is 0 Å². The van der Waals surface area contributed by atoms with E-state index >= 15 is 0 Å². The molecule has 0 saturated carbocycles. The van der Waals surface area contributed by atoms with Gasteiger partial charge in [0.25, 0.3) is 5.69 Å². The van der Waals surface area contributed by atoms with Crippen molar-refractivity contribution in [2.45, 2.75) is 0 Å². The molecule has 5 nitrogen and oxygen atoms in total. The second-order valence-electron chi connectivity index (χ2n) is 4.74. The number of halogens is 1. The molecule has 23 heavy (non-hydrogen) atoms. The summed E-state index contributed by atoms with van der Waals surface area (Å²) >= 11 is 5.82. The molecule has 0 amide bonds. The fraction of sp³-hybridized carbons (Fsp3) is 0. The zero-order valence-electron chi connectivity index (χ0n) is 11.8. The summed E-state index contributed by atoms with van der Waals surface area (Å²) in [5, 5.41) is 11.5. The molecule has 0 aliphatic heterocycles. The summed E-state index contributed by atoms with van der Waals surface area (Å²) in [6.07, 6.45) is 1.59. The van der Waals surface area contributed by atoms with Crippen LogP contribution in [0.15, 0.2) is 70.1 Å². The molecule has 0 radical (unpaired) electrons. The average molecular weight is 327 g/mol. The van der Waals surface area contributed by atoms with Crippen molar-refractivity contribution >= 4 is 29.2 Å². The number of nitro groups is 1. The summed E-state index contributed by atoms with van der Waals surface area (Å²) < 4.78 is 5.65. The third-order valence-electron chi connectivity index (χ3n) is 3.14. The van der Waals surface area contributed by atoms with Crippen molar-refractivity contribution < 1.29 is 9.34 Å². The quantitative estimate of drug-likeness (QED) is 0.373. The summed E-state index contributed by atoms with van der Waals surface area (Å²) in [6.45, 7) is 0. The van der Waals surface area contributed by atoms with Crippen molar-refractivity contribution in [1.82, 2.24) is 0 Å². The third-order valence-corrected chi connectivity index (χ3v) is 3.39. The van der Waals surface area contributed by atoms with Gasteiger partial charge in [0.15, 0.2) is 0 Å². The number of nitrogens with zero attached hydrogens (tertiary/aromatic N) is 2. The Morgan fingerprint density at radius 1 is 1.09 bits per heavy atom. The van der Waals surface area contributed by atoms with Crippen LogP contribution in [0.5, 0.6) is 0 Å². The first-order valence-corrected chi connectivity index (χ1v) is 7.14. The van der Waals surface area contributed by atoms with E-state index in [2.05, 4.69) is 4.99 Å². The fourth-order valence-electron chi connectivity index (χ4n) is 2.02. The van der Waals surface area contributed by atoms with Gasteiger partial charge in [0.05, 0.1) is 16.8 Å². The van der Waals surface area contributed by atoms with Crippen molar-refractivity contribution in [3.63, 3.8) is 0 Å². The van der Waals surface area contributed by atoms with E-state index in [1.54, 1.807) is 54.7 Å². The second kappa shape index (κ2) is 6.46. The van der Waals surface area contributed by atoms with Gasteiger partial charge in [-0.15, -0.1) is 0 Å². The molecule has 0 aliphatic carbocycles. The van der Waals surface area contributed by atoms with Crippen LogP contribution in [0.2, 0.25) is 5.02 Å². The molecule has 114 valence electrons. The standard InChI is InChI=1S/C17H11ClN2O3/c18-13-4-6-14(7-5-13)19-11-16-8-9-17(23-16)12-2-1-3-15(10-12)20(21)22/h1-11H. The Labute approximate surface area is 137 Å². The molecule has 0 atom stereocenters. The molecular formula is C17H11ClN2O3. The molecule has 0 saturated heterocycles. The zero-order valence-corrected chi connectivity index (χ0v) is 12.6. The number of hydrogen-bond donors (Lipinski definition) is 0. The molecule has 0 spiro atoms. The van der Waals surface area contributed by atoms with Crippen LogP contribution in [0.1, 0.15) is 5.76 Å². The van der Waals surface area contributed by atoms with E-state index in [-0.39, 0.29) is 5.69 Å². The van der Waals surface area contributed by atoms with Crippen LogP contribution in [-0.2, 0) is 0 Å². The van der Waals surface area contributed by atoms with Gasteiger partial charge in [0.1, 0.15) is 11.5 Å². The molecule has 0 fully saturated rings. The lowest BCUT2D eigenvalue weighted by atomic mass is 10.1. The van der Waals surface area contributed by atoms with Crippen molar-refractivity contribution in [2.24, 2.45) is 4.99 Å². The Morgan fingerprint density at radius 2 is 1.87 bits per heavy atom. The van der Waals surface area contributed by atoms with Crippen LogP contribution >= 0.6 is 11.6 Å². The van der Waals surface area contributed by atoms with Crippen LogP contribution in [0, 0.1) is 10.1 Å². The van der Waals surface area contributed by atoms with Crippen molar-refractivity contribution in [2.75, 3.05) is 0 Å². The van der Waals surface area contributed by atoms with Crippen LogP contribution in [0.3, 0.4) is 0 Å². The lowest BCUT2D eigenvalue weighted by Crippen LogP contribution is -1.87. The van der Waals surface area contributed by atoms with Crippen LogP contribution in [0.4, 0.5) is 11.4 Å². The molecule has 0 bridgehead atoms. The molecule has 0 aliphatic rings. The Morgan fingerprint density at radius 3 is 2.61 bits per heavy atom. The van der Waals surface area contributed by atoms with E-state index in [1.807, 2.05) is 0 Å². The minimum absolute atomic E-state index is 0.0234. The first-order chi connectivity index (χ1) is 11.1. The fourth-order valence-corrected chi connectivity index (χ4v) is 2.14. The maximum atomic E-state index is 10.8. The number of rotatable bonds is 4. The van der Waals surface area contributed by atoms with Gasteiger partial charge in [0.2, 0.25) is 0 Å². The van der Waals surface area contributed by atoms with E-state index in [4.69, 9.17) is 16.0 Å². The highest BCUT2D eigenvalue weighted by molar-refractivity contribution is 6.30. The molecule has 2 aromatic carbocycles. The molecule has 0 unspecified atom stereocenters. The molecule has 3 rings (SSSR count). The largest absolute Gasteiger partial charge is 0.455 e. The Kier molecular flexibility index (Phi) is 4.21. The van der Waals surface area contributed by atoms with Crippen LogP contribution in [-0.4, -0.2) is 11.1 Å². The molecule has 0 N–H and O–H groups in total.